The van der Waals surface area contributed by atoms with Crippen LogP contribution in [0.5, 0.6) is 0 Å². The third-order valence-electron chi connectivity index (χ3n) is 1.56. The third kappa shape index (κ3) is 3.42. The third-order valence-corrected chi connectivity index (χ3v) is 2.34. The molecule has 0 aliphatic carbocycles. The van der Waals surface area contributed by atoms with Gasteiger partial charge in [0.15, 0.2) is 0 Å². The van der Waals surface area contributed by atoms with Crippen LogP contribution in [0.15, 0.2) is 18.5 Å². The Hall–Kier alpha value is -1.10. The summed E-state index contributed by atoms with van der Waals surface area (Å²) in [5.41, 5.74) is 7.10. The van der Waals surface area contributed by atoms with Crippen molar-refractivity contribution >= 4 is 22.2 Å². The summed E-state index contributed by atoms with van der Waals surface area (Å²) in [7, 11) is -0.765. The van der Waals surface area contributed by atoms with Crippen molar-refractivity contribution in [1.29, 1.82) is 0 Å². The van der Waals surface area contributed by atoms with Gasteiger partial charge in [-0.25, -0.2) is 0 Å². The molecular formula is C8H13N3OS. The number of nitrogens with zero attached hydrogens (tertiary/aromatic N) is 1. The molecular weight excluding hydrogens is 186 g/mol. The molecule has 0 aliphatic rings. The molecule has 0 saturated heterocycles. The lowest BCUT2D eigenvalue weighted by molar-refractivity contribution is 0.687. The molecule has 3 N–H and O–H groups in total. The molecule has 72 valence electrons. The quantitative estimate of drug-likeness (QED) is 0.739. The fourth-order valence-corrected chi connectivity index (χ4v) is 1.29. The zero-order valence-corrected chi connectivity index (χ0v) is 8.30. The van der Waals surface area contributed by atoms with Crippen LogP contribution in [0.2, 0.25) is 0 Å². The van der Waals surface area contributed by atoms with Crippen molar-refractivity contribution in [2.45, 2.75) is 0 Å². The molecule has 1 heterocycles. The second-order valence-corrected chi connectivity index (χ2v) is 4.22. The van der Waals surface area contributed by atoms with E-state index in [0.717, 1.165) is 5.69 Å². The van der Waals surface area contributed by atoms with Crippen molar-refractivity contribution in [3.8, 4) is 0 Å². The van der Waals surface area contributed by atoms with Crippen molar-refractivity contribution in [3.05, 3.63) is 18.5 Å². The Bertz CT molecular complexity index is 303. The molecule has 0 aliphatic heterocycles. The molecule has 0 fully saturated rings. The minimum atomic E-state index is -0.765. The Labute approximate surface area is 80.0 Å². The second kappa shape index (κ2) is 4.81. The van der Waals surface area contributed by atoms with Gasteiger partial charge in [-0.15, -0.1) is 0 Å². The first-order valence-electron chi connectivity index (χ1n) is 3.93. The maximum Gasteiger partial charge on any atom is 0.0736 e. The number of nitrogen functional groups attached to an aromatic ring is 1. The van der Waals surface area contributed by atoms with Gasteiger partial charge in [0, 0.05) is 35.5 Å². The first-order valence-corrected chi connectivity index (χ1v) is 5.66. The summed E-state index contributed by atoms with van der Waals surface area (Å²) in [6.07, 6.45) is 4.93. The summed E-state index contributed by atoms with van der Waals surface area (Å²) in [5.74, 6) is 0.627. The van der Waals surface area contributed by atoms with Crippen molar-refractivity contribution in [1.82, 2.24) is 4.98 Å². The van der Waals surface area contributed by atoms with Gasteiger partial charge in [-0.1, -0.05) is 0 Å². The van der Waals surface area contributed by atoms with Gasteiger partial charge in [0.05, 0.1) is 17.6 Å². The molecule has 0 spiro atoms. The number of nitrogens with one attached hydrogen (secondary N) is 1. The van der Waals surface area contributed by atoms with Gasteiger partial charge < -0.3 is 11.1 Å². The highest BCUT2D eigenvalue weighted by Crippen LogP contribution is 2.14. The molecule has 13 heavy (non-hydrogen) atoms. The molecule has 1 aromatic rings. The van der Waals surface area contributed by atoms with Crippen LogP contribution in [0.4, 0.5) is 11.4 Å². The zero-order valence-electron chi connectivity index (χ0n) is 7.49. The monoisotopic (exact) mass is 199 g/mol. The molecule has 1 aromatic heterocycles. The van der Waals surface area contributed by atoms with Crippen molar-refractivity contribution in [2.75, 3.05) is 29.6 Å². The normalized spacial score (nSPS) is 12.4. The van der Waals surface area contributed by atoms with E-state index in [0.29, 0.717) is 18.0 Å². The first-order chi connectivity index (χ1) is 6.20. The van der Waals surface area contributed by atoms with E-state index in [-0.39, 0.29) is 0 Å². The van der Waals surface area contributed by atoms with E-state index in [2.05, 4.69) is 10.3 Å². The first kappa shape index (κ1) is 9.98. The summed E-state index contributed by atoms with van der Waals surface area (Å²) in [6.45, 7) is 0.664. The summed E-state index contributed by atoms with van der Waals surface area (Å²) in [4.78, 5) is 3.86. The maximum absolute atomic E-state index is 10.7. The number of pyridine rings is 1. The topological polar surface area (TPSA) is 68.0 Å². The summed E-state index contributed by atoms with van der Waals surface area (Å²) < 4.78 is 10.7. The highest BCUT2D eigenvalue weighted by molar-refractivity contribution is 7.84. The van der Waals surface area contributed by atoms with Gasteiger partial charge in [0.1, 0.15) is 0 Å². The molecule has 1 rings (SSSR count). The van der Waals surface area contributed by atoms with Crippen molar-refractivity contribution in [3.63, 3.8) is 0 Å². The van der Waals surface area contributed by atoms with E-state index in [1.165, 1.54) is 0 Å². The summed E-state index contributed by atoms with van der Waals surface area (Å²) >= 11 is 0. The van der Waals surface area contributed by atoms with E-state index in [1.54, 1.807) is 24.7 Å². The molecule has 0 radical (unpaired) electrons. The highest BCUT2D eigenvalue weighted by Gasteiger charge is 1.96. The van der Waals surface area contributed by atoms with Crippen LogP contribution in [0, 0.1) is 0 Å². The Morgan fingerprint density at radius 2 is 2.46 bits per heavy atom. The van der Waals surface area contributed by atoms with Gasteiger partial charge in [-0.05, 0) is 6.07 Å². The van der Waals surface area contributed by atoms with Crippen LogP contribution in [0.3, 0.4) is 0 Å². The Morgan fingerprint density at radius 1 is 1.69 bits per heavy atom. The smallest absolute Gasteiger partial charge is 0.0736 e. The SMILES string of the molecule is CS(=O)CCNc1ccncc1N. The van der Waals surface area contributed by atoms with Crippen molar-refractivity contribution < 1.29 is 4.21 Å². The molecule has 1 unspecified atom stereocenters. The maximum atomic E-state index is 10.7. The van der Waals surface area contributed by atoms with Gasteiger partial charge in [0.2, 0.25) is 0 Å². The van der Waals surface area contributed by atoms with E-state index in [1.807, 2.05) is 0 Å². The highest BCUT2D eigenvalue weighted by atomic mass is 32.2. The van der Waals surface area contributed by atoms with E-state index in [4.69, 9.17) is 5.73 Å². The number of hydrogen-bond acceptors (Lipinski definition) is 4. The predicted molar refractivity (Wildman–Crippen MR) is 56.1 cm³/mol. The van der Waals surface area contributed by atoms with Gasteiger partial charge in [-0.2, -0.15) is 0 Å². The number of anilines is 2. The molecule has 1 atom stereocenters. The zero-order chi connectivity index (χ0) is 9.68. The number of hydrogen-bond donors (Lipinski definition) is 2. The lowest BCUT2D eigenvalue weighted by Crippen LogP contribution is -2.11. The number of nitrogens with two attached hydrogens (primary N) is 1. The van der Waals surface area contributed by atoms with Crippen LogP contribution in [-0.2, 0) is 10.8 Å². The fourth-order valence-electron chi connectivity index (χ4n) is 0.897. The Balaban J connectivity index is 2.45. The largest absolute Gasteiger partial charge is 0.396 e. The standard InChI is InChI=1S/C8H13N3OS/c1-13(12)5-4-11-8-2-3-10-6-7(8)9/h2-3,6H,4-5,9H2,1H3,(H,10,11). The number of aromatic nitrogens is 1. The van der Waals surface area contributed by atoms with Crippen LogP contribution < -0.4 is 11.1 Å². The van der Waals surface area contributed by atoms with Crippen molar-refractivity contribution in [2.24, 2.45) is 0 Å². The van der Waals surface area contributed by atoms with Gasteiger partial charge in [0.25, 0.3) is 0 Å². The molecule has 4 nitrogen and oxygen atoms in total. The lowest BCUT2D eigenvalue weighted by Gasteiger charge is -2.06. The number of rotatable bonds is 4. The van der Waals surface area contributed by atoms with E-state index in [9.17, 15) is 4.21 Å². The molecule has 0 bridgehead atoms. The average Bonchev–Trinajstić information content (AvgIpc) is 2.08. The molecule has 0 aromatic carbocycles. The fraction of sp³-hybridized carbons (Fsp3) is 0.375. The van der Waals surface area contributed by atoms with Crippen LogP contribution >= 0.6 is 0 Å². The van der Waals surface area contributed by atoms with E-state index >= 15 is 0 Å². The Kier molecular flexibility index (Phi) is 3.70. The minimum absolute atomic E-state index is 0.615. The molecule has 0 saturated carbocycles. The van der Waals surface area contributed by atoms with Gasteiger partial charge in [-0.3, -0.25) is 9.19 Å². The lowest BCUT2D eigenvalue weighted by atomic mass is 10.3. The molecule has 5 heteroatoms. The summed E-state index contributed by atoms with van der Waals surface area (Å²) in [6, 6.07) is 1.80. The summed E-state index contributed by atoms with van der Waals surface area (Å²) in [5, 5.41) is 3.09. The predicted octanol–water partition coefficient (Wildman–Crippen LogP) is 0.454. The van der Waals surface area contributed by atoms with Crippen LogP contribution in [0.1, 0.15) is 0 Å². The second-order valence-electron chi connectivity index (χ2n) is 2.67. The Morgan fingerprint density at radius 3 is 3.08 bits per heavy atom. The minimum Gasteiger partial charge on any atom is -0.396 e. The van der Waals surface area contributed by atoms with E-state index < -0.39 is 10.8 Å². The van der Waals surface area contributed by atoms with Gasteiger partial charge >= 0.3 is 0 Å². The molecule has 0 amide bonds. The van der Waals surface area contributed by atoms with Crippen LogP contribution in [0.25, 0.3) is 0 Å². The van der Waals surface area contributed by atoms with Crippen LogP contribution in [-0.4, -0.2) is 27.7 Å². The average molecular weight is 199 g/mol.